The number of benzene rings is 2. The van der Waals surface area contributed by atoms with E-state index in [0.717, 1.165) is 10.5 Å². The number of rotatable bonds is 6. The summed E-state index contributed by atoms with van der Waals surface area (Å²) in [7, 11) is 3.13. The topological polar surface area (TPSA) is 71.6 Å². The van der Waals surface area contributed by atoms with Crippen molar-refractivity contribution in [2.24, 2.45) is 0 Å². The molecule has 152 valence electrons. The average Bonchev–Trinajstić information content (AvgIpc) is 2.73. The number of carbonyl (C=O) groups excluding carboxylic acids is 1. The maximum atomic E-state index is 13.3. The van der Waals surface area contributed by atoms with Crippen LogP contribution in [0.25, 0.3) is 0 Å². The van der Waals surface area contributed by atoms with Gasteiger partial charge in [0.15, 0.2) is 5.11 Å². The Labute approximate surface area is 180 Å². The van der Waals surface area contributed by atoms with Gasteiger partial charge in [-0.15, -0.1) is 11.8 Å². The fraction of sp³-hybridized carbons (Fsp3) is 0.238. The van der Waals surface area contributed by atoms with Gasteiger partial charge >= 0.3 is 0 Å². The predicted molar refractivity (Wildman–Crippen MR) is 121 cm³/mol. The van der Waals surface area contributed by atoms with E-state index in [1.807, 2.05) is 37.4 Å². The summed E-state index contributed by atoms with van der Waals surface area (Å²) in [6, 6.07) is 13.0. The molecule has 1 aliphatic heterocycles. The largest absolute Gasteiger partial charge is 0.497 e. The van der Waals surface area contributed by atoms with E-state index in [0.29, 0.717) is 33.6 Å². The van der Waals surface area contributed by atoms with Crippen LogP contribution in [-0.2, 0) is 4.79 Å². The average molecular weight is 430 g/mol. The van der Waals surface area contributed by atoms with Gasteiger partial charge in [0, 0.05) is 16.7 Å². The lowest BCUT2D eigenvalue weighted by Crippen LogP contribution is -2.45. The van der Waals surface area contributed by atoms with Gasteiger partial charge in [0.2, 0.25) is 0 Å². The molecule has 0 saturated carbocycles. The van der Waals surface area contributed by atoms with Crippen molar-refractivity contribution >= 4 is 40.7 Å². The Bertz CT molecular complexity index is 958. The van der Waals surface area contributed by atoms with Crippen molar-refractivity contribution in [1.82, 2.24) is 10.6 Å². The predicted octanol–water partition coefficient (Wildman–Crippen LogP) is 3.86. The molecule has 0 aromatic heterocycles. The normalized spacial score (nSPS) is 16.0. The van der Waals surface area contributed by atoms with Gasteiger partial charge in [-0.1, -0.05) is 12.1 Å². The van der Waals surface area contributed by atoms with E-state index in [9.17, 15) is 4.79 Å². The molecule has 8 heteroatoms. The van der Waals surface area contributed by atoms with Gasteiger partial charge in [-0.25, -0.2) is 0 Å². The second-order valence-corrected chi connectivity index (χ2v) is 7.65. The summed E-state index contributed by atoms with van der Waals surface area (Å²) in [5, 5.41) is 9.68. The zero-order chi connectivity index (χ0) is 21.0. The van der Waals surface area contributed by atoms with Gasteiger partial charge in [0.1, 0.15) is 11.5 Å². The first-order valence-electron chi connectivity index (χ1n) is 8.92. The fourth-order valence-corrected chi connectivity index (χ4v) is 3.82. The molecule has 0 spiro atoms. The summed E-state index contributed by atoms with van der Waals surface area (Å²) in [6.45, 7) is 1.84. The van der Waals surface area contributed by atoms with E-state index < -0.39 is 0 Å². The molecule has 0 aliphatic carbocycles. The molecule has 2 aromatic rings. The van der Waals surface area contributed by atoms with Crippen molar-refractivity contribution in [3.63, 3.8) is 0 Å². The van der Waals surface area contributed by atoms with Crippen molar-refractivity contribution in [2.75, 3.05) is 25.8 Å². The molecular weight excluding hydrogens is 406 g/mol. The summed E-state index contributed by atoms with van der Waals surface area (Å²) in [4.78, 5) is 14.4. The van der Waals surface area contributed by atoms with Crippen LogP contribution >= 0.6 is 24.0 Å². The van der Waals surface area contributed by atoms with Crippen molar-refractivity contribution < 1.29 is 14.3 Å². The van der Waals surface area contributed by atoms with Crippen LogP contribution in [0.5, 0.6) is 11.5 Å². The minimum absolute atomic E-state index is 0.254. The molecular formula is C21H23N3O3S2. The summed E-state index contributed by atoms with van der Waals surface area (Å²) >= 11 is 6.99. The number of amides is 1. The highest BCUT2D eigenvalue weighted by molar-refractivity contribution is 7.98. The number of nitrogens with one attached hydrogen (secondary N) is 3. The third-order valence-electron chi connectivity index (χ3n) is 4.62. The minimum atomic E-state index is -0.365. The van der Waals surface area contributed by atoms with Gasteiger partial charge in [-0.05, 0) is 55.2 Å². The van der Waals surface area contributed by atoms with E-state index in [1.165, 1.54) is 0 Å². The highest BCUT2D eigenvalue weighted by Crippen LogP contribution is 2.32. The number of hydrogen-bond donors (Lipinski definition) is 3. The van der Waals surface area contributed by atoms with E-state index in [-0.39, 0.29) is 11.9 Å². The first-order valence-corrected chi connectivity index (χ1v) is 10.6. The third-order valence-corrected chi connectivity index (χ3v) is 5.58. The molecule has 2 aromatic carbocycles. The summed E-state index contributed by atoms with van der Waals surface area (Å²) in [5.41, 5.74) is 2.74. The molecule has 1 heterocycles. The van der Waals surface area contributed by atoms with Gasteiger partial charge in [-0.3, -0.25) is 4.79 Å². The molecule has 6 nitrogen and oxygen atoms in total. The third kappa shape index (κ3) is 4.65. The number of allylic oxidation sites excluding steroid dienone is 1. The Hall–Kier alpha value is -2.71. The van der Waals surface area contributed by atoms with Crippen molar-refractivity contribution in [2.45, 2.75) is 17.9 Å². The molecule has 0 radical (unpaired) electrons. The lowest BCUT2D eigenvalue weighted by molar-refractivity contribution is -0.113. The molecule has 0 bridgehead atoms. The van der Waals surface area contributed by atoms with E-state index in [4.69, 9.17) is 21.7 Å². The van der Waals surface area contributed by atoms with Gasteiger partial charge in [0.25, 0.3) is 5.91 Å². The van der Waals surface area contributed by atoms with Gasteiger partial charge in [0.05, 0.1) is 31.5 Å². The fourth-order valence-electron chi connectivity index (χ4n) is 3.14. The number of carbonyl (C=O) groups is 1. The summed E-state index contributed by atoms with van der Waals surface area (Å²) < 4.78 is 10.6. The zero-order valence-corrected chi connectivity index (χ0v) is 18.3. The smallest absolute Gasteiger partial charge is 0.255 e. The summed E-state index contributed by atoms with van der Waals surface area (Å²) in [5.74, 6) is 0.915. The number of methoxy groups -OCH3 is 2. The molecule has 0 fully saturated rings. The van der Waals surface area contributed by atoms with E-state index in [1.54, 1.807) is 44.2 Å². The molecule has 1 atom stereocenters. The lowest BCUT2D eigenvalue weighted by Gasteiger charge is -2.30. The highest BCUT2D eigenvalue weighted by atomic mass is 32.2. The van der Waals surface area contributed by atoms with Crippen LogP contribution in [0.3, 0.4) is 0 Å². The monoisotopic (exact) mass is 429 g/mol. The Morgan fingerprint density at radius 2 is 1.86 bits per heavy atom. The molecule has 0 saturated heterocycles. The minimum Gasteiger partial charge on any atom is -0.497 e. The molecule has 0 unspecified atom stereocenters. The highest BCUT2D eigenvalue weighted by Gasteiger charge is 2.30. The summed E-state index contributed by atoms with van der Waals surface area (Å²) in [6.07, 6.45) is 2.03. The van der Waals surface area contributed by atoms with Gasteiger partial charge < -0.3 is 25.4 Å². The van der Waals surface area contributed by atoms with Gasteiger partial charge in [-0.2, -0.15) is 0 Å². The lowest BCUT2D eigenvalue weighted by atomic mass is 9.95. The van der Waals surface area contributed by atoms with Crippen molar-refractivity contribution in [3.8, 4) is 11.5 Å². The Kier molecular flexibility index (Phi) is 6.66. The van der Waals surface area contributed by atoms with Crippen LogP contribution < -0.4 is 25.4 Å². The van der Waals surface area contributed by atoms with Crippen LogP contribution in [0.1, 0.15) is 18.5 Å². The second-order valence-electron chi connectivity index (χ2n) is 6.36. The number of anilines is 1. The van der Waals surface area contributed by atoms with Crippen LogP contribution in [0, 0.1) is 0 Å². The zero-order valence-electron chi connectivity index (χ0n) is 16.7. The molecule has 3 N–H and O–H groups in total. The first kappa shape index (κ1) is 21.0. The molecule has 29 heavy (non-hydrogen) atoms. The molecule has 1 aliphatic rings. The number of ether oxygens (including phenoxy) is 2. The van der Waals surface area contributed by atoms with Crippen molar-refractivity contribution in [3.05, 3.63) is 59.3 Å². The number of thiocarbonyl (C=S) groups is 1. The van der Waals surface area contributed by atoms with Crippen LogP contribution in [-0.4, -0.2) is 31.5 Å². The maximum Gasteiger partial charge on any atom is 0.255 e. The maximum absolute atomic E-state index is 13.3. The number of thioether (sulfide) groups is 1. The SMILES string of the molecule is COc1ccc(OC)c(NC(=O)C2=C(C)NC(=S)N[C@@H]2c2ccc(SC)cc2)c1. The first-order chi connectivity index (χ1) is 14.0. The second kappa shape index (κ2) is 9.19. The Morgan fingerprint density at radius 3 is 2.48 bits per heavy atom. The molecule has 1 amide bonds. The van der Waals surface area contributed by atoms with Crippen LogP contribution in [0.15, 0.2) is 58.6 Å². The van der Waals surface area contributed by atoms with Crippen LogP contribution in [0.4, 0.5) is 5.69 Å². The quantitative estimate of drug-likeness (QED) is 0.476. The number of hydrogen-bond acceptors (Lipinski definition) is 5. The molecule has 3 rings (SSSR count). The van der Waals surface area contributed by atoms with Crippen molar-refractivity contribution in [1.29, 1.82) is 0 Å². The Morgan fingerprint density at radius 1 is 1.14 bits per heavy atom. The Balaban J connectivity index is 1.95. The standard InChI is InChI=1S/C21H23N3O3S2/c1-12-18(20(25)23-16-11-14(26-2)7-10-17(16)27-3)19(24-21(28)22-12)13-5-8-15(29-4)9-6-13/h5-11,19H,1-4H3,(H,23,25)(H2,22,24,28)/t19-/m1/s1. The van der Waals surface area contributed by atoms with E-state index in [2.05, 4.69) is 16.0 Å². The van der Waals surface area contributed by atoms with Crippen LogP contribution in [0.2, 0.25) is 0 Å². The van der Waals surface area contributed by atoms with E-state index >= 15 is 0 Å².